The Morgan fingerprint density at radius 2 is 2.12 bits per heavy atom. The largest absolute Gasteiger partial charge is 0.505 e. The molecule has 0 saturated carbocycles. The smallest absolute Gasteiger partial charge is 0.343 e. The zero-order valence-electron chi connectivity index (χ0n) is 15.3. The van der Waals surface area contributed by atoms with Crippen LogP contribution < -0.4 is 0 Å². The average Bonchev–Trinajstić information content (AvgIpc) is 3.04. The number of hydrogen-bond acceptors (Lipinski definition) is 5. The van der Waals surface area contributed by atoms with Crippen molar-refractivity contribution in [1.82, 2.24) is 9.55 Å². The number of ether oxygens (including phenoxy) is 1. The van der Waals surface area contributed by atoms with Crippen LogP contribution in [0.3, 0.4) is 0 Å². The molecule has 0 radical (unpaired) electrons. The summed E-state index contributed by atoms with van der Waals surface area (Å²) in [4.78, 5) is 20.5. The molecule has 2 aromatic rings. The van der Waals surface area contributed by atoms with E-state index in [0.717, 1.165) is 22.6 Å². The van der Waals surface area contributed by atoms with Gasteiger partial charge in [-0.3, -0.25) is 4.98 Å². The van der Waals surface area contributed by atoms with Gasteiger partial charge in [0.05, 0.1) is 24.2 Å². The molecule has 0 unspecified atom stereocenters. The maximum atomic E-state index is 12.0. The number of hydrogen-bond donors (Lipinski definition) is 1. The summed E-state index contributed by atoms with van der Waals surface area (Å²) >= 11 is 0. The van der Waals surface area contributed by atoms with Gasteiger partial charge in [-0.1, -0.05) is 0 Å². The fraction of sp³-hybridized carbons (Fsp3) is 0.250. The third-order valence-corrected chi connectivity index (χ3v) is 4.28. The van der Waals surface area contributed by atoms with Gasteiger partial charge in [-0.05, 0) is 57.5 Å². The predicted molar refractivity (Wildman–Crippen MR) is 100 cm³/mol. The molecule has 0 atom stereocenters. The topological polar surface area (TPSA) is 76.7 Å². The Morgan fingerprint density at radius 3 is 2.77 bits per heavy atom. The second-order valence-corrected chi connectivity index (χ2v) is 6.04. The first-order valence-electron chi connectivity index (χ1n) is 8.41. The van der Waals surface area contributed by atoms with Gasteiger partial charge < -0.3 is 14.4 Å². The van der Waals surface area contributed by atoms with Gasteiger partial charge >= 0.3 is 5.97 Å². The van der Waals surface area contributed by atoms with Crippen LogP contribution in [0.4, 0.5) is 0 Å². The zero-order valence-corrected chi connectivity index (χ0v) is 15.3. The molecule has 1 aliphatic heterocycles. The zero-order chi connectivity index (χ0) is 18.8. The Labute approximate surface area is 152 Å². The van der Waals surface area contributed by atoms with E-state index in [-0.39, 0.29) is 17.9 Å². The Bertz CT molecular complexity index is 950. The number of aliphatic hydroxyl groups is 1. The number of carbonyl (C=O) groups excluding carboxylic acids is 1. The summed E-state index contributed by atoms with van der Waals surface area (Å²) in [7, 11) is 0. The van der Waals surface area contributed by atoms with Crippen molar-refractivity contribution in [2.75, 3.05) is 6.61 Å². The third kappa shape index (κ3) is 3.06. The van der Waals surface area contributed by atoms with Gasteiger partial charge in [0.2, 0.25) is 0 Å². The molecule has 1 N–H and O–H groups in total. The van der Waals surface area contributed by atoms with E-state index in [1.54, 1.807) is 32.3 Å². The Kier molecular flexibility index (Phi) is 4.75. The van der Waals surface area contributed by atoms with Crippen LogP contribution >= 0.6 is 0 Å². The van der Waals surface area contributed by atoms with E-state index in [9.17, 15) is 9.90 Å². The van der Waals surface area contributed by atoms with E-state index < -0.39 is 5.97 Å². The van der Waals surface area contributed by atoms with Gasteiger partial charge in [-0.25, -0.2) is 9.79 Å². The Morgan fingerprint density at radius 1 is 1.35 bits per heavy atom. The average molecular weight is 351 g/mol. The quantitative estimate of drug-likeness (QED) is 0.853. The maximum Gasteiger partial charge on any atom is 0.343 e. The molecule has 0 aromatic carbocycles. The number of esters is 1. The summed E-state index contributed by atoms with van der Waals surface area (Å²) in [6.45, 7) is 7.65. The highest BCUT2D eigenvalue weighted by Crippen LogP contribution is 2.29. The summed E-state index contributed by atoms with van der Waals surface area (Å²) < 4.78 is 7.08. The molecule has 6 heteroatoms. The molecule has 0 aliphatic carbocycles. The van der Waals surface area contributed by atoms with Crippen molar-refractivity contribution >= 4 is 17.8 Å². The fourth-order valence-corrected chi connectivity index (χ4v) is 3.10. The molecule has 6 nitrogen and oxygen atoms in total. The van der Waals surface area contributed by atoms with Crippen molar-refractivity contribution in [3.63, 3.8) is 0 Å². The van der Waals surface area contributed by atoms with Crippen LogP contribution in [0.25, 0.3) is 11.8 Å². The molecule has 134 valence electrons. The van der Waals surface area contributed by atoms with E-state index in [1.807, 2.05) is 32.0 Å². The van der Waals surface area contributed by atoms with Crippen molar-refractivity contribution in [2.24, 2.45) is 4.99 Å². The van der Waals surface area contributed by atoms with Crippen LogP contribution in [0.15, 0.2) is 52.6 Å². The van der Waals surface area contributed by atoms with Crippen molar-refractivity contribution in [2.45, 2.75) is 27.7 Å². The SMILES string of the molecule is CCOC(=O)C1=C(O)/C(=C\c2cc(C)n(-c3cccnc3)c2C)N=C1C. The lowest BCUT2D eigenvalue weighted by Gasteiger charge is -2.08. The predicted octanol–water partition coefficient (Wildman–Crippen LogP) is 3.68. The highest BCUT2D eigenvalue weighted by atomic mass is 16.5. The van der Waals surface area contributed by atoms with Crippen molar-refractivity contribution < 1.29 is 14.6 Å². The second-order valence-electron chi connectivity index (χ2n) is 6.04. The number of carbonyl (C=O) groups is 1. The van der Waals surface area contributed by atoms with Crippen LogP contribution in [-0.4, -0.2) is 32.9 Å². The van der Waals surface area contributed by atoms with Crippen molar-refractivity contribution in [3.05, 3.63) is 64.6 Å². The highest BCUT2D eigenvalue weighted by Gasteiger charge is 2.27. The molecule has 3 heterocycles. The summed E-state index contributed by atoms with van der Waals surface area (Å²) in [5.74, 6) is -0.706. The van der Waals surface area contributed by atoms with E-state index in [1.165, 1.54) is 0 Å². The summed E-state index contributed by atoms with van der Waals surface area (Å²) in [6.07, 6.45) is 5.31. The summed E-state index contributed by atoms with van der Waals surface area (Å²) in [5.41, 5.74) is 4.84. The van der Waals surface area contributed by atoms with Gasteiger partial charge in [0.15, 0.2) is 5.76 Å². The Hall–Kier alpha value is -3.15. The van der Waals surface area contributed by atoms with Crippen LogP contribution in [0, 0.1) is 13.8 Å². The molecule has 1 aliphatic rings. The number of aryl methyl sites for hydroxylation is 1. The van der Waals surface area contributed by atoms with Crippen LogP contribution in [0.2, 0.25) is 0 Å². The molecule has 0 amide bonds. The van der Waals surface area contributed by atoms with E-state index >= 15 is 0 Å². The number of aromatic nitrogens is 2. The van der Waals surface area contributed by atoms with Gasteiger partial charge in [-0.2, -0.15) is 0 Å². The lowest BCUT2D eigenvalue weighted by molar-refractivity contribution is -0.138. The lowest BCUT2D eigenvalue weighted by atomic mass is 10.1. The molecule has 0 spiro atoms. The van der Waals surface area contributed by atoms with Crippen LogP contribution in [0.5, 0.6) is 0 Å². The summed E-state index contributed by atoms with van der Waals surface area (Å²) in [5, 5.41) is 10.4. The standard InChI is InChI=1S/C20H21N3O3/c1-5-26-20(25)18-13(3)22-17(19(18)24)10-15-9-12(2)23(14(15)4)16-7-6-8-21-11-16/h6-11,24H,5H2,1-4H3/b17-10+. The monoisotopic (exact) mass is 351 g/mol. The van der Waals surface area contributed by atoms with Gasteiger partial charge in [0, 0.05) is 17.6 Å². The molecule has 0 saturated heterocycles. The molecule has 2 aromatic heterocycles. The number of nitrogens with zero attached hydrogens (tertiary/aromatic N) is 3. The second kappa shape index (κ2) is 7.00. The van der Waals surface area contributed by atoms with Gasteiger partial charge in [0.1, 0.15) is 11.3 Å². The minimum absolute atomic E-state index is 0.124. The van der Waals surface area contributed by atoms with Crippen LogP contribution in [-0.2, 0) is 9.53 Å². The van der Waals surface area contributed by atoms with Gasteiger partial charge in [-0.15, -0.1) is 0 Å². The van der Waals surface area contributed by atoms with E-state index in [0.29, 0.717) is 11.4 Å². The van der Waals surface area contributed by atoms with Crippen LogP contribution in [0.1, 0.15) is 30.8 Å². The number of aliphatic imine (C=N–C) groups is 1. The molecule has 26 heavy (non-hydrogen) atoms. The normalized spacial score (nSPS) is 15.5. The molecule has 3 rings (SSSR count). The molecule has 0 bridgehead atoms. The molecular formula is C20H21N3O3. The van der Waals surface area contributed by atoms with Crippen molar-refractivity contribution in [1.29, 1.82) is 0 Å². The first kappa shape index (κ1) is 17.7. The number of rotatable bonds is 4. The first-order valence-corrected chi connectivity index (χ1v) is 8.41. The fourth-order valence-electron chi connectivity index (χ4n) is 3.10. The highest BCUT2D eigenvalue weighted by molar-refractivity contribution is 6.22. The lowest BCUT2D eigenvalue weighted by Crippen LogP contribution is -2.13. The van der Waals surface area contributed by atoms with Crippen molar-refractivity contribution in [3.8, 4) is 5.69 Å². The number of pyridine rings is 1. The summed E-state index contributed by atoms with van der Waals surface area (Å²) in [6, 6.07) is 5.88. The minimum Gasteiger partial charge on any atom is -0.505 e. The molecular weight excluding hydrogens is 330 g/mol. The minimum atomic E-state index is -0.560. The first-order chi connectivity index (χ1) is 12.4. The van der Waals surface area contributed by atoms with Gasteiger partial charge in [0.25, 0.3) is 0 Å². The molecule has 0 fully saturated rings. The third-order valence-electron chi connectivity index (χ3n) is 4.28. The van der Waals surface area contributed by atoms with E-state index in [4.69, 9.17) is 4.74 Å². The Balaban J connectivity index is 2.03. The number of aliphatic hydroxyl groups excluding tert-OH is 1. The maximum absolute atomic E-state index is 12.0. The van der Waals surface area contributed by atoms with E-state index in [2.05, 4.69) is 14.5 Å².